The Bertz CT molecular complexity index is 1830. The van der Waals surface area contributed by atoms with Crippen molar-refractivity contribution in [3.8, 4) is 17.2 Å². The third-order valence-corrected chi connectivity index (χ3v) is 7.59. The number of hydrogen-bond donors (Lipinski definition) is 1. The van der Waals surface area contributed by atoms with Gasteiger partial charge in [0, 0.05) is 44.5 Å². The van der Waals surface area contributed by atoms with Crippen LogP contribution in [-0.4, -0.2) is 67.6 Å². The van der Waals surface area contributed by atoms with E-state index in [-0.39, 0.29) is 11.9 Å². The monoisotopic (exact) mass is 548 g/mol. The second-order valence-electron chi connectivity index (χ2n) is 10.3. The molecular weight excluding hydrogens is 520 g/mol. The van der Waals surface area contributed by atoms with Crippen molar-refractivity contribution in [2.75, 3.05) is 36.5 Å². The molecule has 0 bridgehead atoms. The van der Waals surface area contributed by atoms with Crippen molar-refractivity contribution < 1.29 is 14.3 Å². The first kappa shape index (κ1) is 24.8. The van der Waals surface area contributed by atoms with E-state index in [0.717, 1.165) is 39.6 Å². The highest BCUT2D eigenvalue weighted by Crippen LogP contribution is 2.37. The van der Waals surface area contributed by atoms with Crippen molar-refractivity contribution in [1.82, 2.24) is 29.4 Å². The van der Waals surface area contributed by atoms with Gasteiger partial charge >= 0.3 is 0 Å². The minimum atomic E-state index is -0.0669. The molecule has 0 saturated carbocycles. The predicted molar refractivity (Wildman–Crippen MR) is 156 cm³/mol. The highest BCUT2D eigenvalue weighted by atomic mass is 16.5. The Morgan fingerprint density at radius 3 is 2.88 bits per heavy atom. The summed E-state index contributed by atoms with van der Waals surface area (Å²) < 4.78 is 14.2. The van der Waals surface area contributed by atoms with Crippen LogP contribution in [0.15, 0.2) is 67.8 Å². The molecule has 1 fully saturated rings. The number of carbonyl (C=O) groups excluding carboxylic acids is 1. The maximum Gasteiger partial charge on any atom is 0.246 e. The summed E-state index contributed by atoms with van der Waals surface area (Å²) in [6, 6.07) is 13.7. The molecule has 5 heterocycles. The average Bonchev–Trinajstić information content (AvgIpc) is 3.36. The van der Waals surface area contributed by atoms with Gasteiger partial charge in [0.25, 0.3) is 0 Å². The largest absolute Gasteiger partial charge is 0.487 e. The topological polar surface area (TPSA) is 111 Å². The Hall–Kier alpha value is -5.19. The molecule has 0 radical (unpaired) electrons. The molecule has 7 rings (SSSR count). The zero-order valence-electron chi connectivity index (χ0n) is 22.7. The van der Waals surface area contributed by atoms with E-state index in [1.807, 2.05) is 61.0 Å². The molecule has 11 heteroatoms. The zero-order valence-corrected chi connectivity index (χ0v) is 22.7. The fraction of sp³-hybridized carbons (Fsp3) is 0.233. The second kappa shape index (κ2) is 9.77. The summed E-state index contributed by atoms with van der Waals surface area (Å²) >= 11 is 0. The third kappa shape index (κ3) is 4.45. The summed E-state index contributed by atoms with van der Waals surface area (Å²) in [5, 5.41) is 3.41. The van der Waals surface area contributed by atoms with Crippen LogP contribution in [-0.2, 0) is 11.8 Å². The number of ether oxygens (including phenoxy) is 2. The van der Waals surface area contributed by atoms with Gasteiger partial charge in [-0.1, -0.05) is 6.58 Å². The van der Waals surface area contributed by atoms with Gasteiger partial charge in [0.15, 0.2) is 17.4 Å². The van der Waals surface area contributed by atoms with E-state index in [4.69, 9.17) is 14.5 Å². The van der Waals surface area contributed by atoms with Gasteiger partial charge in [-0.2, -0.15) is 0 Å². The van der Waals surface area contributed by atoms with Crippen molar-refractivity contribution in [2.45, 2.75) is 13.0 Å². The van der Waals surface area contributed by atoms with Crippen molar-refractivity contribution in [2.24, 2.45) is 7.05 Å². The summed E-state index contributed by atoms with van der Waals surface area (Å²) in [7, 11) is 1.97. The molecule has 2 aliphatic rings. The van der Waals surface area contributed by atoms with Crippen LogP contribution in [0.25, 0.3) is 22.1 Å². The highest BCUT2D eigenvalue weighted by Gasteiger charge is 2.35. The molecule has 1 atom stereocenters. The normalized spacial score (nSPS) is 16.2. The van der Waals surface area contributed by atoms with Gasteiger partial charge in [0.2, 0.25) is 5.91 Å². The molecule has 0 unspecified atom stereocenters. The summed E-state index contributed by atoms with van der Waals surface area (Å²) in [5.74, 6) is 3.43. The summed E-state index contributed by atoms with van der Waals surface area (Å²) in [4.78, 5) is 34.5. The van der Waals surface area contributed by atoms with E-state index >= 15 is 0 Å². The average molecular weight is 549 g/mol. The van der Waals surface area contributed by atoms with E-state index < -0.39 is 0 Å². The molecule has 1 saturated heterocycles. The number of carbonyl (C=O) groups is 1. The van der Waals surface area contributed by atoms with Crippen molar-refractivity contribution in [3.05, 3.63) is 73.3 Å². The Kier molecular flexibility index (Phi) is 5.92. The summed E-state index contributed by atoms with van der Waals surface area (Å²) in [6.07, 6.45) is 4.66. The van der Waals surface area contributed by atoms with Gasteiger partial charge in [-0.3, -0.25) is 4.79 Å². The number of amides is 1. The number of anilines is 3. The SMILES string of the molecule is C=CC(=O)N1CCN2c3nc4c(Nc5ccc(Oc6ccc7c(c6)ncn7C)c(C)c5)ncnc4cc3OC[C@H]2C1. The van der Waals surface area contributed by atoms with E-state index in [1.165, 1.54) is 12.4 Å². The van der Waals surface area contributed by atoms with Crippen molar-refractivity contribution in [1.29, 1.82) is 0 Å². The summed E-state index contributed by atoms with van der Waals surface area (Å²) in [6.45, 7) is 7.90. The zero-order chi connectivity index (χ0) is 28.1. The molecule has 1 N–H and O–H groups in total. The quantitative estimate of drug-likeness (QED) is 0.321. The van der Waals surface area contributed by atoms with Gasteiger partial charge in [0.05, 0.1) is 28.9 Å². The first-order valence-corrected chi connectivity index (χ1v) is 13.4. The second-order valence-corrected chi connectivity index (χ2v) is 10.3. The van der Waals surface area contributed by atoms with Crippen LogP contribution in [0.4, 0.5) is 17.3 Å². The van der Waals surface area contributed by atoms with Crippen LogP contribution in [0, 0.1) is 6.92 Å². The van der Waals surface area contributed by atoms with Gasteiger partial charge < -0.3 is 29.2 Å². The van der Waals surface area contributed by atoms with Crippen molar-refractivity contribution in [3.63, 3.8) is 0 Å². The fourth-order valence-electron chi connectivity index (χ4n) is 5.44. The maximum absolute atomic E-state index is 12.2. The molecule has 5 aromatic rings. The molecule has 2 aromatic carbocycles. The lowest BCUT2D eigenvalue weighted by Gasteiger charge is -2.44. The molecule has 2 aliphatic heterocycles. The number of aromatic nitrogens is 5. The molecule has 0 spiro atoms. The van der Waals surface area contributed by atoms with Gasteiger partial charge in [0.1, 0.15) is 29.9 Å². The number of benzene rings is 2. The first-order valence-electron chi connectivity index (χ1n) is 13.4. The van der Waals surface area contributed by atoms with E-state index in [0.29, 0.717) is 48.8 Å². The number of piperazine rings is 1. The maximum atomic E-state index is 12.2. The van der Waals surface area contributed by atoms with Crippen LogP contribution >= 0.6 is 0 Å². The Balaban J connectivity index is 1.14. The standard InChI is InChI=1S/C30H28N8O3/c1-4-27(39)37-9-10-38-20(14-37)15-40-26-13-23-28(35-30(26)38)29(32-16-31-23)34-19-5-8-25(18(2)11-19)41-21-6-7-24-22(12-21)33-17-36(24)3/h4-8,11-13,16-17,20H,1,9-10,14-15H2,2-3H3,(H,31,32,34)/t20-/m1/s1. The molecule has 11 nitrogen and oxygen atoms in total. The number of nitrogens with one attached hydrogen (secondary N) is 1. The van der Waals surface area contributed by atoms with E-state index in [9.17, 15) is 4.79 Å². The van der Waals surface area contributed by atoms with Gasteiger partial charge in [-0.05, 0) is 48.9 Å². The fourth-order valence-corrected chi connectivity index (χ4v) is 5.44. The number of imidazole rings is 1. The number of nitrogens with zero attached hydrogens (tertiary/aromatic N) is 7. The van der Waals surface area contributed by atoms with Crippen LogP contribution < -0.4 is 19.7 Å². The number of rotatable bonds is 5. The Morgan fingerprint density at radius 1 is 1.12 bits per heavy atom. The van der Waals surface area contributed by atoms with E-state index in [1.54, 1.807) is 11.2 Å². The van der Waals surface area contributed by atoms with Crippen molar-refractivity contribution >= 4 is 45.3 Å². The lowest BCUT2D eigenvalue weighted by molar-refractivity contribution is -0.127. The molecule has 3 aromatic heterocycles. The lowest BCUT2D eigenvalue weighted by Crippen LogP contribution is -2.58. The molecular formula is C30H28N8O3. The molecule has 1 amide bonds. The van der Waals surface area contributed by atoms with E-state index in [2.05, 4.69) is 31.7 Å². The Labute approximate surface area is 236 Å². The highest BCUT2D eigenvalue weighted by molar-refractivity contribution is 5.90. The first-order chi connectivity index (χ1) is 20.0. The predicted octanol–water partition coefficient (Wildman–Crippen LogP) is 4.35. The lowest BCUT2D eigenvalue weighted by atomic mass is 10.1. The smallest absolute Gasteiger partial charge is 0.246 e. The van der Waals surface area contributed by atoms with Crippen LogP contribution in [0.5, 0.6) is 17.2 Å². The molecule has 0 aliphatic carbocycles. The van der Waals surface area contributed by atoms with Gasteiger partial charge in [-0.15, -0.1) is 0 Å². The number of fused-ring (bicyclic) bond motifs is 5. The van der Waals surface area contributed by atoms with Crippen LogP contribution in [0.3, 0.4) is 0 Å². The van der Waals surface area contributed by atoms with Crippen LogP contribution in [0.1, 0.15) is 5.56 Å². The number of pyridine rings is 1. The Morgan fingerprint density at radius 2 is 2.02 bits per heavy atom. The minimum absolute atomic E-state index is 0.0136. The molecule has 206 valence electrons. The molecule has 41 heavy (non-hydrogen) atoms. The van der Waals surface area contributed by atoms with Crippen LogP contribution in [0.2, 0.25) is 0 Å². The number of hydrogen-bond acceptors (Lipinski definition) is 9. The number of aryl methyl sites for hydroxylation is 2. The summed E-state index contributed by atoms with van der Waals surface area (Å²) in [5.41, 5.74) is 5.06. The third-order valence-electron chi connectivity index (χ3n) is 7.59. The minimum Gasteiger partial charge on any atom is -0.487 e. The van der Waals surface area contributed by atoms with Gasteiger partial charge in [-0.25, -0.2) is 19.9 Å².